The Morgan fingerprint density at radius 1 is 1.19 bits per heavy atom. The van der Waals surface area contributed by atoms with Gasteiger partial charge in [-0.2, -0.15) is 0 Å². The Bertz CT molecular complexity index is 913. The highest BCUT2D eigenvalue weighted by Gasteiger charge is 2.33. The normalized spacial score (nSPS) is 18.9. The number of ether oxygens (including phenoxy) is 1. The van der Waals surface area contributed by atoms with Gasteiger partial charge in [-0.05, 0) is 50.1 Å². The SMILES string of the molecule is COc1ccc([C@H]2CCCN2[C@@H](C)C(=O)c2c[nH]c3ccccc23)cc1. The highest BCUT2D eigenvalue weighted by Crippen LogP contribution is 2.35. The average Bonchev–Trinajstić information content (AvgIpc) is 3.34. The fourth-order valence-electron chi connectivity index (χ4n) is 4.09. The second-order valence-corrected chi connectivity index (χ2v) is 6.96. The van der Waals surface area contributed by atoms with Crippen LogP contribution in [-0.4, -0.2) is 35.4 Å². The smallest absolute Gasteiger partial charge is 0.181 e. The number of rotatable bonds is 5. The number of fused-ring (bicyclic) bond motifs is 1. The summed E-state index contributed by atoms with van der Waals surface area (Å²) in [5.41, 5.74) is 3.05. The fourth-order valence-corrected chi connectivity index (χ4v) is 4.09. The van der Waals surface area contributed by atoms with Crippen LogP contribution in [0.15, 0.2) is 54.7 Å². The van der Waals surface area contributed by atoms with Gasteiger partial charge in [-0.15, -0.1) is 0 Å². The van der Waals surface area contributed by atoms with Crippen molar-refractivity contribution in [3.05, 3.63) is 65.9 Å². The zero-order valence-corrected chi connectivity index (χ0v) is 15.2. The minimum atomic E-state index is -0.149. The number of aromatic amines is 1. The number of benzene rings is 2. The monoisotopic (exact) mass is 348 g/mol. The molecule has 2 atom stereocenters. The molecule has 0 unspecified atom stereocenters. The quantitative estimate of drug-likeness (QED) is 0.686. The van der Waals surface area contributed by atoms with Crippen LogP contribution >= 0.6 is 0 Å². The van der Waals surface area contributed by atoms with E-state index in [4.69, 9.17) is 4.74 Å². The number of aromatic nitrogens is 1. The summed E-state index contributed by atoms with van der Waals surface area (Å²) in [6.07, 6.45) is 4.04. The number of carbonyl (C=O) groups is 1. The third kappa shape index (κ3) is 2.90. The first-order valence-electron chi connectivity index (χ1n) is 9.19. The van der Waals surface area contributed by atoms with Crippen molar-refractivity contribution in [2.24, 2.45) is 0 Å². The molecule has 0 radical (unpaired) electrons. The molecular weight excluding hydrogens is 324 g/mol. The molecule has 4 heteroatoms. The molecule has 0 spiro atoms. The summed E-state index contributed by atoms with van der Waals surface area (Å²) >= 11 is 0. The third-order valence-corrected chi connectivity index (χ3v) is 5.53. The van der Waals surface area contributed by atoms with E-state index in [0.717, 1.165) is 41.6 Å². The Morgan fingerprint density at radius 3 is 2.73 bits per heavy atom. The van der Waals surface area contributed by atoms with E-state index in [1.54, 1.807) is 7.11 Å². The van der Waals surface area contributed by atoms with Crippen molar-refractivity contribution in [3.63, 3.8) is 0 Å². The molecule has 134 valence electrons. The molecule has 0 saturated carbocycles. The van der Waals surface area contributed by atoms with Crippen molar-refractivity contribution in [2.75, 3.05) is 13.7 Å². The molecule has 1 aromatic heterocycles. The maximum absolute atomic E-state index is 13.2. The van der Waals surface area contributed by atoms with Crippen LogP contribution in [0.1, 0.15) is 41.7 Å². The maximum atomic E-state index is 13.2. The number of nitrogens with zero attached hydrogens (tertiary/aromatic N) is 1. The molecular formula is C22H24N2O2. The molecule has 4 nitrogen and oxygen atoms in total. The lowest BCUT2D eigenvalue weighted by Gasteiger charge is -2.30. The predicted molar refractivity (Wildman–Crippen MR) is 104 cm³/mol. The number of Topliss-reactive ketones (excluding diaryl/α,β-unsaturated/α-hetero) is 1. The van der Waals surface area contributed by atoms with E-state index in [1.807, 2.05) is 49.5 Å². The van der Waals surface area contributed by atoms with Crippen molar-refractivity contribution in [1.82, 2.24) is 9.88 Å². The number of carbonyl (C=O) groups excluding carboxylic acids is 1. The van der Waals surface area contributed by atoms with Crippen LogP contribution in [-0.2, 0) is 0 Å². The van der Waals surface area contributed by atoms with E-state index >= 15 is 0 Å². The molecule has 2 heterocycles. The summed E-state index contributed by atoms with van der Waals surface area (Å²) < 4.78 is 5.26. The average molecular weight is 348 g/mol. The summed E-state index contributed by atoms with van der Waals surface area (Å²) in [6, 6.07) is 16.3. The van der Waals surface area contributed by atoms with Gasteiger partial charge in [-0.3, -0.25) is 9.69 Å². The minimum absolute atomic E-state index is 0.149. The number of para-hydroxylation sites is 1. The summed E-state index contributed by atoms with van der Waals surface area (Å²) in [5.74, 6) is 1.05. The van der Waals surface area contributed by atoms with E-state index in [2.05, 4.69) is 22.0 Å². The zero-order valence-electron chi connectivity index (χ0n) is 15.2. The van der Waals surface area contributed by atoms with Crippen molar-refractivity contribution >= 4 is 16.7 Å². The van der Waals surface area contributed by atoms with Crippen molar-refractivity contribution in [1.29, 1.82) is 0 Å². The third-order valence-electron chi connectivity index (χ3n) is 5.53. The summed E-state index contributed by atoms with van der Waals surface area (Å²) in [6.45, 7) is 2.98. The Labute approximate surface area is 153 Å². The van der Waals surface area contributed by atoms with E-state index in [9.17, 15) is 4.79 Å². The topological polar surface area (TPSA) is 45.3 Å². The Kier molecular flexibility index (Phi) is 4.51. The van der Waals surface area contributed by atoms with Gasteiger partial charge in [0.05, 0.1) is 13.2 Å². The van der Waals surface area contributed by atoms with Gasteiger partial charge in [-0.1, -0.05) is 30.3 Å². The van der Waals surface area contributed by atoms with Crippen LogP contribution in [0.25, 0.3) is 10.9 Å². The van der Waals surface area contributed by atoms with Crippen molar-refractivity contribution in [3.8, 4) is 5.75 Å². The molecule has 1 aliphatic rings. The number of hydrogen-bond donors (Lipinski definition) is 1. The van der Waals surface area contributed by atoms with E-state index in [1.165, 1.54) is 5.56 Å². The van der Waals surface area contributed by atoms with Crippen LogP contribution in [0.5, 0.6) is 5.75 Å². The van der Waals surface area contributed by atoms with Gasteiger partial charge < -0.3 is 9.72 Å². The van der Waals surface area contributed by atoms with Gasteiger partial charge in [0.25, 0.3) is 0 Å². The number of H-pyrrole nitrogens is 1. The van der Waals surface area contributed by atoms with E-state index in [-0.39, 0.29) is 17.9 Å². The molecule has 26 heavy (non-hydrogen) atoms. The number of hydrogen-bond acceptors (Lipinski definition) is 3. The predicted octanol–water partition coefficient (Wildman–Crippen LogP) is 4.58. The fraction of sp³-hybridized carbons (Fsp3) is 0.318. The molecule has 1 fully saturated rings. The molecule has 0 amide bonds. The van der Waals surface area contributed by atoms with Gasteiger partial charge >= 0.3 is 0 Å². The first-order chi connectivity index (χ1) is 12.7. The number of nitrogens with one attached hydrogen (secondary N) is 1. The molecule has 0 bridgehead atoms. The van der Waals surface area contributed by atoms with Crippen LogP contribution in [0.3, 0.4) is 0 Å². The number of ketones is 1. The van der Waals surface area contributed by atoms with E-state index < -0.39 is 0 Å². The molecule has 0 aliphatic carbocycles. The Balaban J connectivity index is 1.59. The van der Waals surface area contributed by atoms with Gasteiger partial charge in [0.15, 0.2) is 5.78 Å². The Hall–Kier alpha value is -2.59. The largest absolute Gasteiger partial charge is 0.497 e. The second-order valence-electron chi connectivity index (χ2n) is 6.96. The van der Waals surface area contributed by atoms with Crippen LogP contribution in [0.4, 0.5) is 0 Å². The van der Waals surface area contributed by atoms with Crippen LogP contribution in [0, 0.1) is 0 Å². The van der Waals surface area contributed by atoms with Gasteiger partial charge in [0.2, 0.25) is 0 Å². The molecule has 3 aromatic rings. The van der Waals surface area contributed by atoms with Crippen molar-refractivity contribution < 1.29 is 9.53 Å². The second kappa shape index (κ2) is 6.96. The van der Waals surface area contributed by atoms with Crippen LogP contribution in [0.2, 0.25) is 0 Å². The van der Waals surface area contributed by atoms with E-state index in [0.29, 0.717) is 0 Å². The summed E-state index contributed by atoms with van der Waals surface area (Å²) in [5, 5.41) is 1.00. The van der Waals surface area contributed by atoms with Gasteiger partial charge in [0.1, 0.15) is 5.75 Å². The summed E-state index contributed by atoms with van der Waals surface area (Å²) in [4.78, 5) is 18.8. The highest BCUT2D eigenvalue weighted by atomic mass is 16.5. The lowest BCUT2D eigenvalue weighted by molar-refractivity contribution is 0.0821. The summed E-state index contributed by atoms with van der Waals surface area (Å²) in [7, 11) is 1.68. The highest BCUT2D eigenvalue weighted by molar-refractivity contribution is 6.10. The maximum Gasteiger partial charge on any atom is 0.181 e. The zero-order chi connectivity index (χ0) is 18.1. The first kappa shape index (κ1) is 16.9. The molecule has 4 rings (SSSR count). The lowest BCUT2D eigenvalue weighted by atomic mass is 9.99. The lowest BCUT2D eigenvalue weighted by Crippen LogP contribution is -2.38. The molecule has 2 aromatic carbocycles. The standard InChI is InChI=1S/C22H24N2O2/c1-15(22(25)19-14-23-20-7-4-3-6-18(19)20)24-13-5-8-21(24)16-9-11-17(26-2)12-10-16/h3-4,6-7,9-12,14-15,21,23H,5,8,13H2,1-2H3/t15-,21+/m0/s1. The molecule has 1 saturated heterocycles. The number of likely N-dealkylation sites (tertiary alicyclic amines) is 1. The van der Waals surface area contributed by atoms with Gasteiger partial charge in [0, 0.05) is 28.7 Å². The first-order valence-corrected chi connectivity index (χ1v) is 9.19. The molecule has 1 aliphatic heterocycles. The van der Waals surface area contributed by atoms with Crippen molar-refractivity contribution in [2.45, 2.75) is 31.8 Å². The van der Waals surface area contributed by atoms with Crippen LogP contribution < -0.4 is 4.74 Å². The molecule has 1 N–H and O–H groups in total. The Morgan fingerprint density at radius 2 is 1.96 bits per heavy atom. The minimum Gasteiger partial charge on any atom is -0.497 e. The number of methoxy groups -OCH3 is 1. The van der Waals surface area contributed by atoms with Gasteiger partial charge in [-0.25, -0.2) is 0 Å².